The van der Waals surface area contributed by atoms with E-state index in [1.54, 1.807) is 19.1 Å². The molecule has 0 aliphatic rings. The molecular weight excluding hydrogens is 220 g/mol. The minimum atomic E-state index is -0.525. The number of hydrogen-bond acceptors (Lipinski definition) is 4. The molecule has 94 valence electrons. The molecule has 0 aliphatic carbocycles. The van der Waals surface area contributed by atoms with Gasteiger partial charge in [0, 0.05) is 24.1 Å². The van der Waals surface area contributed by atoms with Crippen molar-refractivity contribution in [1.29, 1.82) is 0 Å². The van der Waals surface area contributed by atoms with Crippen LogP contribution in [0.15, 0.2) is 24.3 Å². The van der Waals surface area contributed by atoms with Crippen molar-refractivity contribution in [3.05, 3.63) is 39.9 Å². The van der Waals surface area contributed by atoms with Gasteiger partial charge in [0.1, 0.15) is 0 Å². The standard InChI is InChI=1S/C12H18N2O3/c1-9(15)12(2,8-13)7-10-3-5-11(6-4-10)14(16)17/h3-6,9,15H,7-8,13H2,1-2H3. The van der Waals surface area contributed by atoms with Gasteiger partial charge in [-0.25, -0.2) is 0 Å². The summed E-state index contributed by atoms with van der Waals surface area (Å²) in [6.45, 7) is 3.97. The first-order valence-electron chi connectivity index (χ1n) is 5.50. The van der Waals surface area contributed by atoms with Gasteiger partial charge in [-0.05, 0) is 18.9 Å². The zero-order chi connectivity index (χ0) is 13.1. The lowest BCUT2D eigenvalue weighted by Crippen LogP contribution is -2.39. The molecule has 1 rings (SSSR count). The molecule has 0 aliphatic heterocycles. The van der Waals surface area contributed by atoms with Gasteiger partial charge in [-0.15, -0.1) is 0 Å². The van der Waals surface area contributed by atoms with E-state index < -0.39 is 16.4 Å². The molecule has 0 bridgehead atoms. The van der Waals surface area contributed by atoms with Gasteiger partial charge >= 0.3 is 0 Å². The van der Waals surface area contributed by atoms with Crippen molar-refractivity contribution in [2.45, 2.75) is 26.4 Å². The average Bonchev–Trinajstić information content (AvgIpc) is 2.29. The molecule has 17 heavy (non-hydrogen) atoms. The number of non-ortho nitro benzene ring substituents is 1. The molecule has 2 unspecified atom stereocenters. The molecule has 0 saturated heterocycles. The normalized spacial score (nSPS) is 16.2. The molecule has 3 N–H and O–H groups in total. The molecule has 0 spiro atoms. The number of hydrogen-bond donors (Lipinski definition) is 2. The van der Waals surface area contributed by atoms with Crippen molar-refractivity contribution in [3.8, 4) is 0 Å². The Morgan fingerprint density at radius 1 is 1.47 bits per heavy atom. The maximum atomic E-state index is 10.5. The number of nitrogens with two attached hydrogens (primary N) is 1. The average molecular weight is 238 g/mol. The molecule has 5 nitrogen and oxygen atoms in total. The maximum absolute atomic E-state index is 10.5. The smallest absolute Gasteiger partial charge is 0.269 e. The van der Waals surface area contributed by atoms with Crippen LogP contribution in [0, 0.1) is 15.5 Å². The van der Waals surface area contributed by atoms with E-state index >= 15 is 0 Å². The van der Waals surface area contributed by atoms with Crippen molar-refractivity contribution in [3.63, 3.8) is 0 Å². The molecule has 5 heteroatoms. The van der Waals surface area contributed by atoms with Crippen LogP contribution in [0.5, 0.6) is 0 Å². The van der Waals surface area contributed by atoms with E-state index in [0.717, 1.165) is 5.56 Å². The number of nitrogens with zero attached hydrogens (tertiary/aromatic N) is 1. The first-order chi connectivity index (χ1) is 7.89. The molecule has 0 fully saturated rings. The molecule has 0 radical (unpaired) electrons. The van der Waals surface area contributed by atoms with Crippen LogP contribution in [0.3, 0.4) is 0 Å². The van der Waals surface area contributed by atoms with E-state index in [2.05, 4.69) is 0 Å². The Morgan fingerprint density at radius 3 is 2.35 bits per heavy atom. The fourth-order valence-electron chi connectivity index (χ4n) is 1.59. The van der Waals surface area contributed by atoms with Crippen molar-refractivity contribution < 1.29 is 10.0 Å². The summed E-state index contributed by atoms with van der Waals surface area (Å²) in [6, 6.07) is 6.34. The second-order valence-corrected chi connectivity index (χ2v) is 4.63. The molecule has 0 amide bonds. The van der Waals surface area contributed by atoms with E-state index in [1.165, 1.54) is 12.1 Å². The largest absolute Gasteiger partial charge is 0.393 e. The van der Waals surface area contributed by atoms with Crippen molar-refractivity contribution >= 4 is 5.69 Å². The monoisotopic (exact) mass is 238 g/mol. The number of aliphatic hydroxyl groups is 1. The maximum Gasteiger partial charge on any atom is 0.269 e. The summed E-state index contributed by atoms with van der Waals surface area (Å²) in [5, 5.41) is 20.2. The molecule has 2 atom stereocenters. The number of nitro benzene ring substituents is 1. The Bertz CT molecular complexity index is 389. The zero-order valence-electron chi connectivity index (χ0n) is 10.1. The lowest BCUT2D eigenvalue weighted by molar-refractivity contribution is -0.384. The fraction of sp³-hybridized carbons (Fsp3) is 0.500. The molecule has 0 aromatic heterocycles. The van der Waals surface area contributed by atoms with Crippen LogP contribution in [0.4, 0.5) is 5.69 Å². The topological polar surface area (TPSA) is 89.4 Å². The van der Waals surface area contributed by atoms with Crippen LogP contribution in [-0.4, -0.2) is 22.7 Å². The van der Waals surface area contributed by atoms with Crippen LogP contribution < -0.4 is 5.73 Å². The van der Waals surface area contributed by atoms with E-state index in [0.29, 0.717) is 13.0 Å². The molecule has 0 saturated carbocycles. The fourth-order valence-corrected chi connectivity index (χ4v) is 1.59. The van der Waals surface area contributed by atoms with Gasteiger partial charge in [-0.1, -0.05) is 19.1 Å². The van der Waals surface area contributed by atoms with Gasteiger partial charge < -0.3 is 10.8 Å². The van der Waals surface area contributed by atoms with Crippen LogP contribution in [0.2, 0.25) is 0 Å². The number of rotatable bonds is 5. The third kappa shape index (κ3) is 3.25. The predicted octanol–water partition coefficient (Wildman–Crippen LogP) is 1.48. The highest BCUT2D eigenvalue weighted by atomic mass is 16.6. The lowest BCUT2D eigenvalue weighted by atomic mass is 9.79. The number of aliphatic hydroxyl groups excluding tert-OH is 1. The Labute approximate surface area is 100 Å². The third-order valence-corrected chi connectivity index (χ3v) is 3.23. The summed E-state index contributed by atoms with van der Waals surface area (Å²) < 4.78 is 0. The van der Waals surface area contributed by atoms with E-state index in [9.17, 15) is 15.2 Å². The summed E-state index contributed by atoms with van der Waals surface area (Å²) in [5.41, 5.74) is 6.26. The van der Waals surface area contributed by atoms with Crippen LogP contribution in [-0.2, 0) is 6.42 Å². The van der Waals surface area contributed by atoms with Crippen molar-refractivity contribution in [2.24, 2.45) is 11.1 Å². The molecular formula is C12H18N2O3. The van der Waals surface area contributed by atoms with Gasteiger partial charge in [-0.3, -0.25) is 10.1 Å². The second-order valence-electron chi connectivity index (χ2n) is 4.63. The Kier molecular flexibility index (Phi) is 4.20. The zero-order valence-corrected chi connectivity index (χ0v) is 10.1. The highest BCUT2D eigenvalue weighted by molar-refractivity contribution is 5.33. The van der Waals surface area contributed by atoms with Gasteiger partial charge in [0.15, 0.2) is 0 Å². The van der Waals surface area contributed by atoms with Gasteiger partial charge in [0.05, 0.1) is 11.0 Å². The van der Waals surface area contributed by atoms with Crippen LogP contribution in [0.1, 0.15) is 19.4 Å². The van der Waals surface area contributed by atoms with Gasteiger partial charge in [0.2, 0.25) is 0 Å². The van der Waals surface area contributed by atoms with Crippen LogP contribution in [0.25, 0.3) is 0 Å². The Balaban J connectivity index is 2.85. The number of benzene rings is 1. The van der Waals surface area contributed by atoms with E-state index in [-0.39, 0.29) is 5.69 Å². The third-order valence-electron chi connectivity index (χ3n) is 3.23. The Hall–Kier alpha value is -1.46. The summed E-state index contributed by atoms with van der Waals surface area (Å²) in [4.78, 5) is 10.1. The summed E-state index contributed by atoms with van der Waals surface area (Å²) in [5.74, 6) is 0. The van der Waals surface area contributed by atoms with E-state index in [4.69, 9.17) is 5.73 Å². The summed E-state index contributed by atoms with van der Waals surface area (Å²) in [6.07, 6.45) is 0.0711. The Morgan fingerprint density at radius 2 is 2.00 bits per heavy atom. The number of nitro groups is 1. The van der Waals surface area contributed by atoms with Gasteiger partial charge in [-0.2, -0.15) is 0 Å². The summed E-state index contributed by atoms with van der Waals surface area (Å²) in [7, 11) is 0. The molecule has 0 heterocycles. The SMILES string of the molecule is CC(O)C(C)(CN)Cc1ccc([N+](=O)[O-])cc1. The van der Waals surface area contributed by atoms with Crippen molar-refractivity contribution in [2.75, 3.05) is 6.54 Å². The molecule has 1 aromatic rings. The van der Waals surface area contributed by atoms with Crippen LogP contribution >= 0.6 is 0 Å². The summed E-state index contributed by atoms with van der Waals surface area (Å²) >= 11 is 0. The second kappa shape index (κ2) is 5.25. The quantitative estimate of drug-likeness (QED) is 0.600. The first kappa shape index (κ1) is 13.6. The van der Waals surface area contributed by atoms with Crippen molar-refractivity contribution in [1.82, 2.24) is 0 Å². The molecule has 1 aromatic carbocycles. The lowest BCUT2D eigenvalue weighted by Gasteiger charge is -2.31. The highest BCUT2D eigenvalue weighted by Gasteiger charge is 2.28. The minimum absolute atomic E-state index is 0.0697. The predicted molar refractivity (Wildman–Crippen MR) is 65.6 cm³/mol. The van der Waals surface area contributed by atoms with Gasteiger partial charge in [0.25, 0.3) is 5.69 Å². The highest BCUT2D eigenvalue weighted by Crippen LogP contribution is 2.26. The first-order valence-corrected chi connectivity index (χ1v) is 5.50. The minimum Gasteiger partial charge on any atom is -0.393 e. The van der Waals surface area contributed by atoms with E-state index in [1.807, 2.05) is 6.92 Å².